The minimum atomic E-state index is 0. The number of rotatable bonds is 7. The zero-order chi connectivity index (χ0) is 17.6. The molecule has 28 heavy (non-hydrogen) atoms. The molecule has 1 aromatic heterocycles. The Morgan fingerprint density at radius 2 is 1.71 bits per heavy atom. The number of halogens is 3. The van der Waals surface area contributed by atoms with Crippen LogP contribution in [0.25, 0.3) is 0 Å². The van der Waals surface area contributed by atoms with Crippen molar-refractivity contribution >= 4 is 37.2 Å². The molecular formula is C18H37Cl3N6O. The summed E-state index contributed by atoms with van der Waals surface area (Å²) in [6, 6.07) is 0.829. The molecule has 0 aromatic carbocycles. The third-order valence-electron chi connectivity index (χ3n) is 5.87. The largest absolute Gasteiger partial charge is 0.338 e. The summed E-state index contributed by atoms with van der Waals surface area (Å²) < 4.78 is 5.06. The summed E-state index contributed by atoms with van der Waals surface area (Å²) in [5, 5.41) is 3.97. The van der Waals surface area contributed by atoms with E-state index in [1.165, 1.54) is 58.3 Å². The van der Waals surface area contributed by atoms with E-state index in [2.05, 4.69) is 38.9 Å². The van der Waals surface area contributed by atoms with Crippen molar-refractivity contribution in [1.29, 1.82) is 0 Å². The Morgan fingerprint density at radius 3 is 2.29 bits per heavy atom. The van der Waals surface area contributed by atoms with Gasteiger partial charge in [0, 0.05) is 6.04 Å². The summed E-state index contributed by atoms with van der Waals surface area (Å²) in [6.07, 6.45) is 6.65. The minimum Gasteiger partial charge on any atom is -0.338 e. The molecule has 10 heteroatoms. The van der Waals surface area contributed by atoms with Crippen molar-refractivity contribution < 1.29 is 4.52 Å². The minimum absolute atomic E-state index is 0. The van der Waals surface area contributed by atoms with E-state index < -0.39 is 0 Å². The lowest BCUT2D eigenvalue weighted by atomic mass is 9.91. The van der Waals surface area contributed by atoms with Gasteiger partial charge in [-0.25, -0.2) is 0 Å². The van der Waals surface area contributed by atoms with E-state index in [9.17, 15) is 0 Å². The van der Waals surface area contributed by atoms with E-state index >= 15 is 0 Å². The molecule has 2 N–H and O–H groups in total. The second-order valence-corrected chi connectivity index (χ2v) is 7.85. The van der Waals surface area contributed by atoms with Crippen molar-refractivity contribution in [2.24, 2.45) is 11.7 Å². The molecule has 0 radical (unpaired) electrons. The fourth-order valence-electron chi connectivity index (χ4n) is 4.13. The van der Waals surface area contributed by atoms with Crippen LogP contribution in [0.15, 0.2) is 4.52 Å². The van der Waals surface area contributed by atoms with Crippen molar-refractivity contribution in [3.05, 3.63) is 11.7 Å². The summed E-state index contributed by atoms with van der Waals surface area (Å²) in [5.41, 5.74) is 5.51. The molecule has 0 aliphatic carbocycles. The van der Waals surface area contributed by atoms with E-state index in [-0.39, 0.29) is 37.2 Å². The van der Waals surface area contributed by atoms with Crippen LogP contribution in [0.4, 0.5) is 0 Å². The molecule has 0 spiro atoms. The average molecular weight is 460 g/mol. The number of piperidine rings is 2. The number of nitrogens with two attached hydrogens (primary N) is 1. The first-order valence-corrected chi connectivity index (χ1v) is 9.76. The number of hydrogen-bond acceptors (Lipinski definition) is 7. The Labute approximate surface area is 188 Å². The van der Waals surface area contributed by atoms with Crippen molar-refractivity contribution in [3.8, 4) is 0 Å². The summed E-state index contributed by atoms with van der Waals surface area (Å²) in [4.78, 5) is 11.8. The number of aromatic nitrogens is 2. The van der Waals surface area contributed by atoms with Crippen LogP contribution in [-0.2, 0) is 13.1 Å². The predicted molar refractivity (Wildman–Crippen MR) is 120 cm³/mol. The van der Waals surface area contributed by atoms with E-state index in [0.29, 0.717) is 12.4 Å². The monoisotopic (exact) mass is 458 g/mol. The van der Waals surface area contributed by atoms with Crippen LogP contribution in [0.2, 0.25) is 0 Å². The lowest BCUT2D eigenvalue weighted by Crippen LogP contribution is -2.47. The second kappa shape index (κ2) is 14.0. The van der Waals surface area contributed by atoms with Crippen molar-refractivity contribution in [2.45, 2.75) is 51.2 Å². The average Bonchev–Trinajstić information content (AvgIpc) is 3.09. The highest BCUT2D eigenvalue weighted by Gasteiger charge is 2.27. The van der Waals surface area contributed by atoms with Crippen LogP contribution < -0.4 is 5.73 Å². The number of hydrogen-bond donors (Lipinski definition) is 1. The number of likely N-dealkylation sites (tertiary alicyclic amines) is 2. The molecule has 0 saturated carbocycles. The zero-order valence-corrected chi connectivity index (χ0v) is 19.5. The van der Waals surface area contributed by atoms with Gasteiger partial charge in [0.15, 0.2) is 5.82 Å². The van der Waals surface area contributed by atoms with Gasteiger partial charge in [0.2, 0.25) is 5.89 Å². The lowest BCUT2D eigenvalue weighted by Gasteiger charge is -2.41. The molecule has 3 heterocycles. The second-order valence-electron chi connectivity index (χ2n) is 7.85. The van der Waals surface area contributed by atoms with Gasteiger partial charge >= 0.3 is 0 Å². The molecule has 0 bridgehead atoms. The molecule has 0 atom stereocenters. The topological polar surface area (TPSA) is 74.7 Å². The van der Waals surface area contributed by atoms with E-state index in [4.69, 9.17) is 10.3 Å². The van der Waals surface area contributed by atoms with Gasteiger partial charge in [0.25, 0.3) is 0 Å². The van der Waals surface area contributed by atoms with Gasteiger partial charge in [-0.3, -0.25) is 4.90 Å². The molecule has 3 rings (SSSR count). The van der Waals surface area contributed by atoms with Crippen LogP contribution in [0.3, 0.4) is 0 Å². The molecule has 0 unspecified atom stereocenters. The fourth-order valence-corrected chi connectivity index (χ4v) is 4.13. The van der Waals surface area contributed by atoms with Crippen LogP contribution in [0.1, 0.15) is 43.8 Å². The Kier molecular flexibility index (Phi) is 13.9. The van der Waals surface area contributed by atoms with E-state index in [1.807, 2.05) is 0 Å². The molecule has 166 valence electrons. The third kappa shape index (κ3) is 8.30. The van der Waals surface area contributed by atoms with Gasteiger partial charge in [-0.15, -0.1) is 37.2 Å². The van der Waals surface area contributed by atoms with Crippen molar-refractivity contribution in [2.75, 3.05) is 46.8 Å². The smallest absolute Gasteiger partial charge is 0.240 e. The molecule has 1 aromatic rings. The predicted octanol–water partition coefficient (Wildman–Crippen LogP) is 2.42. The molecule has 2 aliphatic rings. The van der Waals surface area contributed by atoms with Gasteiger partial charge in [0.1, 0.15) is 0 Å². The Balaban J connectivity index is 0.00000243. The van der Waals surface area contributed by atoms with E-state index in [1.54, 1.807) is 0 Å². The molecule has 2 aliphatic heterocycles. The van der Waals surface area contributed by atoms with Gasteiger partial charge in [0.05, 0.1) is 13.1 Å². The highest BCUT2D eigenvalue weighted by atomic mass is 35.5. The summed E-state index contributed by atoms with van der Waals surface area (Å²) in [5.74, 6) is 2.11. The van der Waals surface area contributed by atoms with Crippen LogP contribution in [0, 0.1) is 5.92 Å². The highest BCUT2D eigenvalue weighted by molar-refractivity contribution is 5.86. The van der Waals surface area contributed by atoms with Crippen molar-refractivity contribution in [3.63, 3.8) is 0 Å². The van der Waals surface area contributed by atoms with Gasteiger partial charge in [-0.1, -0.05) is 5.16 Å². The zero-order valence-electron chi connectivity index (χ0n) is 17.1. The van der Waals surface area contributed by atoms with E-state index in [0.717, 1.165) is 30.9 Å². The summed E-state index contributed by atoms with van der Waals surface area (Å²) >= 11 is 0. The summed E-state index contributed by atoms with van der Waals surface area (Å²) in [7, 11) is 4.37. The molecule has 0 amide bonds. The fraction of sp³-hybridized carbons (Fsp3) is 0.889. The molecule has 7 nitrogen and oxygen atoms in total. The van der Waals surface area contributed by atoms with Gasteiger partial charge in [-0.2, -0.15) is 4.98 Å². The quantitative estimate of drug-likeness (QED) is 0.671. The highest BCUT2D eigenvalue weighted by Crippen LogP contribution is 2.25. The number of nitrogens with zero attached hydrogens (tertiary/aromatic N) is 5. The maximum Gasteiger partial charge on any atom is 0.240 e. The first-order chi connectivity index (χ1) is 12.1. The first kappa shape index (κ1) is 27.8. The lowest BCUT2D eigenvalue weighted by molar-refractivity contribution is 0.0814. The Morgan fingerprint density at radius 1 is 1.07 bits per heavy atom. The van der Waals surface area contributed by atoms with Crippen LogP contribution in [-0.4, -0.2) is 77.7 Å². The van der Waals surface area contributed by atoms with Gasteiger partial charge < -0.3 is 20.1 Å². The first-order valence-electron chi connectivity index (χ1n) is 9.76. The normalized spacial score (nSPS) is 19.7. The molecule has 2 saturated heterocycles. The van der Waals surface area contributed by atoms with Crippen molar-refractivity contribution in [1.82, 2.24) is 24.8 Å². The summed E-state index contributed by atoms with van der Waals surface area (Å²) in [6.45, 7) is 7.23. The molecular weight excluding hydrogens is 423 g/mol. The van der Waals surface area contributed by atoms with Crippen LogP contribution >= 0.6 is 37.2 Å². The third-order valence-corrected chi connectivity index (χ3v) is 5.87. The maximum atomic E-state index is 5.51. The Hall–Kier alpha value is -0.150. The Bertz CT molecular complexity index is 519. The standard InChI is InChI=1S/C18H34N6O.3ClH/c1-22-9-6-16(7-10-22)24-11-4-15(5-12-24)3-8-23(2)14-17-20-18(13-19)25-21-17;;;/h15-16H,3-14,19H2,1-2H3;3*1H. The van der Waals surface area contributed by atoms with Gasteiger partial charge in [-0.05, 0) is 84.8 Å². The maximum absolute atomic E-state index is 5.51. The SMILES string of the molecule is CN1CCC(N2CCC(CCN(C)Cc3noc(CN)n3)CC2)CC1.Cl.Cl.Cl. The molecule has 2 fully saturated rings. The van der Waals surface area contributed by atoms with Crippen LogP contribution in [0.5, 0.6) is 0 Å².